The molecule has 0 amide bonds. The van der Waals surface area contributed by atoms with Crippen LogP contribution in [0, 0.1) is 13.8 Å². The zero-order chi connectivity index (χ0) is 14.8. The van der Waals surface area contributed by atoms with Gasteiger partial charge in [-0.25, -0.2) is 0 Å². The first kappa shape index (κ1) is 16.4. The van der Waals surface area contributed by atoms with E-state index in [-0.39, 0.29) is 0 Å². The summed E-state index contributed by atoms with van der Waals surface area (Å²) in [5.74, 6) is 0. The van der Waals surface area contributed by atoms with E-state index in [1.807, 2.05) is 19.9 Å². The molecular weight excluding hydrogens is 292 g/mol. The van der Waals surface area contributed by atoms with E-state index in [4.69, 9.17) is 19.6 Å². The van der Waals surface area contributed by atoms with Crippen LogP contribution in [0.25, 0.3) is 0 Å². The van der Waals surface area contributed by atoms with Gasteiger partial charge in [0.1, 0.15) is 0 Å². The topological polar surface area (TPSA) is 127 Å². The third-order valence-electron chi connectivity index (χ3n) is 2.49. The number of rotatable bonds is 5. The van der Waals surface area contributed by atoms with Crippen LogP contribution in [0.15, 0.2) is 18.2 Å². The first-order valence-corrected chi connectivity index (χ1v) is 8.79. The normalized spacial score (nSPS) is 12.8. The number of benzene rings is 1. The van der Waals surface area contributed by atoms with Crippen molar-refractivity contribution in [2.24, 2.45) is 0 Å². The zero-order valence-corrected chi connectivity index (χ0v) is 12.3. The molecule has 0 unspecified atom stereocenters. The van der Waals surface area contributed by atoms with Crippen molar-refractivity contribution in [1.82, 2.24) is 0 Å². The van der Waals surface area contributed by atoms with E-state index in [0.29, 0.717) is 5.69 Å². The lowest BCUT2D eigenvalue weighted by Gasteiger charge is -2.20. The Bertz CT molecular complexity index is 507. The number of nitrogens with one attached hydrogen (secondary N) is 1. The third kappa shape index (κ3) is 5.07. The lowest BCUT2D eigenvalue weighted by atomic mass is 10.1. The molecule has 0 spiro atoms. The molecule has 0 aromatic heterocycles. The summed E-state index contributed by atoms with van der Waals surface area (Å²) < 4.78 is 22.2. The quantitative estimate of drug-likeness (QED) is 0.520. The minimum Gasteiger partial charge on any atom is -0.383 e. The van der Waals surface area contributed by atoms with Crippen molar-refractivity contribution in [2.45, 2.75) is 19.2 Å². The summed E-state index contributed by atoms with van der Waals surface area (Å²) in [5.41, 5.74) is 2.43. The van der Waals surface area contributed by atoms with Gasteiger partial charge >= 0.3 is 15.2 Å². The van der Waals surface area contributed by atoms with Crippen LogP contribution >= 0.6 is 15.2 Å². The van der Waals surface area contributed by atoms with Crippen LogP contribution in [0.2, 0.25) is 0 Å². The van der Waals surface area contributed by atoms with Crippen LogP contribution in [0.5, 0.6) is 0 Å². The monoisotopic (exact) mass is 309 g/mol. The second-order valence-corrected chi connectivity index (χ2v) is 8.43. The van der Waals surface area contributed by atoms with Gasteiger partial charge in [0.25, 0.3) is 0 Å². The van der Waals surface area contributed by atoms with E-state index < -0.39 is 27.1 Å². The Morgan fingerprint density at radius 2 is 1.42 bits per heavy atom. The number of hydrogen-bond donors (Lipinski definition) is 5. The fourth-order valence-electron chi connectivity index (χ4n) is 1.72. The van der Waals surface area contributed by atoms with E-state index >= 15 is 0 Å². The summed E-state index contributed by atoms with van der Waals surface area (Å²) in [7, 11) is -9.77. The SMILES string of the molecule is Cc1cc(C)cc(NCC(P(=O)(O)O)P(=O)(O)O)c1. The minimum absolute atomic E-state index is 0.503. The third-order valence-corrected chi connectivity index (χ3v) is 6.21. The summed E-state index contributed by atoms with van der Waals surface area (Å²) >= 11 is 0. The van der Waals surface area contributed by atoms with Gasteiger partial charge < -0.3 is 24.9 Å². The van der Waals surface area contributed by atoms with E-state index in [0.717, 1.165) is 11.1 Å². The Morgan fingerprint density at radius 1 is 1.00 bits per heavy atom. The van der Waals surface area contributed by atoms with E-state index in [1.165, 1.54) is 0 Å². The van der Waals surface area contributed by atoms with Crippen molar-refractivity contribution in [3.63, 3.8) is 0 Å². The maximum absolute atomic E-state index is 11.1. The van der Waals surface area contributed by atoms with Gasteiger partial charge in [0.2, 0.25) is 0 Å². The molecule has 0 radical (unpaired) electrons. The van der Waals surface area contributed by atoms with Crippen molar-refractivity contribution in [2.75, 3.05) is 11.9 Å². The second kappa shape index (κ2) is 5.75. The van der Waals surface area contributed by atoms with Crippen LogP contribution < -0.4 is 5.32 Å². The molecule has 0 bridgehead atoms. The highest BCUT2D eigenvalue weighted by atomic mass is 31.2. The average Bonchev–Trinajstić information content (AvgIpc) is 2.11. The molecule has 0 aliphatic carbocycles. The summed E-state index contributed by atoms with van der Waals surface area (Å²) in [6, 6.07) is 5.36. The summed E-state index contributed by atoms with van der Waals surface area (Å²) in [5, 5.41) is 0.614. The molecule has 7 nitrogen and oxygen atoms in total. The highest BCUT2D eigenvalue weighted by molar-refractivity contribution is 7.70. The molecular formula is C10H17NO6P2. The van der Waals surface area contributed by atoms with Crippen molar-refractivity contribution >= 4 is 20.9 Å². The number of anilines is 1. The molecule has 9 heteroatoms. The van der Waals surface area contributed by atoms with Crippen molar-refractivity contribution in [3.8, 4) is 0 Å². The van der Waals surface area contributed by atoms with Crippen LogP contribution in [0.4, 0.5) is 5.69 Å². The summed E-state index contributed by atoms with van der Waals surface area (Å²) in [6.07, 6.45) is 0. The lowest BCUT2D eigenvalue weighted by Crippen LogP contribution is -2.20. The molecule has 108 valence electrons. The Balaban J connectivity index is 2.89. The molecule has 0 heterocycles. The van der Waals surface area contributed by atoms with Gasteiger partial charge in [0.15, 0.2) is 5.40 Å². The van der Waals surface area contributed by atoms with Gasteiger partial charge in [-0.2, -0.15) is 0 Å². The molecule has 0 atom stereocenters. The molecule has 0 saturated carbocycles. The molecule has 0 saturated heterocycles. The molecule has 0 fully saturated rings. The van der Waals surface area contributed by atoms with E-state index in [9.17, 15) is 9.13 Å². The molecule has 19 heavy (non-hydrogen) atoms. The van der Waals surface area contributed by atoms with Gasteiger partial charge in [0.05, 0.1) is 0 Å². The van der Waals surface area contributed by atoms with Gasteiger partial charge in [-0.05, 0) is 37.1 Å². The van der Waals surface area contributed by atoms with Crippen LogP contribution in [0.1, 0.15) is 11.1 Å². The predicted molar refractivity (Wildman–Crippen MR) is 72.3 cm³/mol. The molecule has 1 aromatic carbocycles. The standard InChI is InChI=1S/C10H17NO6P2/c1-7-3-8(2)5-9(4-7)11-6-10(18(12,13)14)19(15,16)17/h3-5,10-11H,6H2,1-2H3,(H2,12,13,14)(H2,15,16,17). The van der Waals surface area contributed by atoms with E-state index in [1.54, 1.807) is 12.1 Å². The maximum atomic E-state index is 11.1. The molecule has 0 aliphatic heterocycles. The molecule has 1 rings (SSSR count). The Labute approximate surface area is 111 Å². The average molecular weight is 309 g/mol. The predicted octanol–water partition coefficient (Wildman–Crippen LogP) is 1.40. The smallest absolute Gasteiger partial charge is 0.342 e. The highest BCUT2D eigenvalue weighted by Crippen LogP contribution is 2.59. The largest absolute Gasteiger partial charge is 0.383 e. The Hall–Kier alpha value is -0.680. The fourth-order valence-corrected chi connectivity index (χ4v) is 3.95. The molecule has 0 aliphatic rings. The van der Waals surface area contributed by atoms with Crippen LogP contribution in [-0.2, 0) is 9.13 Å². The van der Waals surface area contributed by atoms with Gasteiger partial charge in [-0.1, -0.05) is 6.07 Å². The highest BCUT2D eigenvalue weighted by Gasteiger charge is 2.43. The first-order valence-electron chi connectivity index (χ1n) is 5.43. The number of aryl methyl sites for hydroxylation is 2. The van der Waals surface area contributed by atoms with E-state index in [2.05, 4.69) is 5.32 Å². The van der Waals surface area contributed by atoms with Gasteiger partial charge in [0, 0.05) is 12.2 Å². The summed E-state index contributed by atoms with van der Waals surface area (Å²) in [6.45, 7) is 3.20. The second-order valence-electron chi connectivity index (χ2n) is 4.42. The maximum Gasteiger partial charge on any atom is 0.342 e. The lowest BCUT2D eigenvalue weighted by molar-refractivity contribution is 0.340. The first-order chi connectivity index (χ1) is 8.50. The van der Waals surface area contributed by atoms with Crippen molar-refractivity contribution in [3.05, 3.63) is 29.3 Å². The minimum atomic E-state index is -4.88. The van der Waals surface area contributed by atoms with Gasteiger partial charge in [-0.15, -0.1) is 0 Å². The molecule has 5 N–H and O–H groups in total. The zero-order valence-electron chi connectivity index (χ0n) is 10.5. The van der Waals surface area contributed by atoms with Gasteiger partial charge in [-0.3, -0.25) is 9.13 Å². The van der Waals surface area contributed by atoms with Crippen molar-refractivity contribution < 1.29 is 28.7 Å². The molecule has 1 aromatic rings. The Morgan fingerprint density at radius 3 is 1.79 bits per heavy atom. The fraction of sp³-hybridized carbons (Fsp3) is 0.400. The number of hydrogen-bond acceptors (Lipinski definition) is 3. The Kier molecular flexibility index (Phi) is 4.96. The van der Waals surface area contributed by atoms with Crippen LogP contribution in [-0.4, -0.2) is 31.5 Å². The van der Waals surface area contributed by atoms with Crippen LogP contribution in [0.3, 0.4) is 0 Å². The summed E-state index contributed by atoms with van der Waals surface area (Å²) in [4.78, 5) is 35.9. The van der Waals surface area contributed by atoms with Crippen molar-refractivity contribution in [1.29, 1.82) is 0 Å².